The Morgan fingerprint density at radius 1 is 1.12 bits per heavy atom. The average Bonchev–Trinajstić information content (AvgIpc) is 2.64. The Labute approximate surface area is 153 Å². The van der Waals surface area contributed by atoms with Crippen molar-refractivity contribution < 1.29 is 23.9 Å². The number of amides is 1. The highest BCUT2D eigenvalue weighted by atomic mass is 16.5. The lowest BCUT2D eigenvalue weighted by Gasteiger charge is -2.38. The van der Waals surface area contributed by atoms with Crippen molar-refractivity contribution in [3.8, 4) is 0 Å². The van der Waals surface area contributed by atoms with E-state index >= 15 is 0 Å². The Morgan fingerprint density at radius 3 is 2.31 bits per heavy atom. The molecule has 1 amide bonds. The van der Waals surface area contributed by atoms with Gasteiger partial charge in [-0.15, -0.1) is 0 Å². The third kappa shape index (κ3) is 5.18. The summed E-state index contributed by atoms with van der Waals surface area (Å²) in [5, 5.41) is 0. The monoisotopic (exact) mass is 359 g/mol. The molecule has 0 saturated carbocycles. The van der Waals surface area contributed by atoms with E-state index in [0.29, 0.717) is 5.56 Å². The van der Waals surface area contributed by atoms with Gasteiger partial charge in [0.2, 0.25) is 0 Å². The maximum atomic E-state index is 12.3. The SMILES string of the molecule is COC(=O)c1ccc(/C=C/C(=O)OCC(=O)N2[C@@H](C)CCC[C@@H]2C)cc1. The van der Waals surface area contributed by atoms with Crippen LogP contribution in [0.1, 0.15) is 49.0 Å². The van der Waals surface area contributed by atoms with E-state index in [1.165, 1.54) is 13.2 Å². The third-order valence-electron chi connectivity index (χ3n) is 4.56. The molecule has 1 aromatic carbocycles. The zero-order valence-corrected chi connectivity index (χ0v) is 15.4. The Bertz CT molecular complexity index is 670. The molecule has 0 unspecified atom stereocenters. The number of hydrogen-bond donors (Lipinski definition) is 0. The number of likely N-dealkylation sites (tertiary alicyclic amines) is 1. The van der Waals surface area contributed by atoms with Crippen LogP contribution in [0.25, 0.3) is 6.08 Å². The first-order valence-electron chi connectivity index (χ1n) is 8.76. The van der Waals surface area contributed by atoms with Crippen LogP contribution < -0.4 is 0 Å². The molecule has 1 aliphatic rings. The highest BCUT2D eigenvalue weighted by molar-refractivity contribution is 5.91. The van der Waals surface area contributed by atoms with Gasteiger partial charge in [-0.25, -0.2) is 9.59 Å². The van der Waals surface area contributed by atoms with Gasteiger partial charge in [0.25, 0.3) is 5.91 Å². The molecule has 1 saturated heterocycles. The second-order valence-corrected chi connectivity index (χ2v) is 6.48. The van der Waals surface area contributed by atoms with E-state index in [-0.39, 0.29) is 24.6 Å². The number of ether oxygens (including phenoxy) is 2. The van der Waals surface area contributed by atoms with Crippen LogP contribution in [0.3, 0.4) is 0 Å². The fourth-order valence-electron chi connectivity index (χ4n) is 3.18. The van der Waals surface area contributed by atoms with Crippen LogP contribution in [0.4, 0.5) is 0 Å². The topological polar surface area (TPSA) is 72.9 Å². The van der Waals surface area contributed by atoms with Gasteiger partial charge in [-0.3, -0.25) is 4.79 Å². The minimum Gasteiger partial charge on any atom is -0.465 e. The summed E-state index contributed by atoms with van der Waals surface area (Å²) in [5.41, 5.74) is 1.17. The number of hydrogen-bond acceptors (Lipinski definition) is 5. The molecule has 2 rings (SSSR count). The Hall–Kier alpha value is -2.63. The van der Waals surface area contributed by atoms with E-state index < -0.39 is 11.9 Å². The van der Waals surface area contributed by atoms with E-state index in [2.05, 4.69) is 4.74 Å². The molecule has 6 heteroatoms. The number of nitrogens with zero attached hydrogens (tertiary/aromatic N) is 1. The van der Waals surface area contributed by atoms with Crippen LogP contribution in [-0.4, -0.2) is 48.5 Å². The summed E-state index contributed by atoms with van der Waals surface area (Å²) in [5.74, 6) is -1.15. The second kappa shape index (κ2) is 9.17. The maximum Gasteiger partial charge on any atom is 0.337 e. The van der Waals surface area contributed by atoms with Crippen LogP contribution in [-0.2, 0) is 19.1 Å². The van der Waals surface area contributed by atoms with E-state index in [0.717, 1.165) is 24.8 Å². The summed E-state index contributed by atoms with van der Waals surface area (Å²) in [6.45, 7) is 3.79. The normalized spacial score (nSPS) is 20.0. The van der Waals surface area contributed by atoms with Crippen molar-refractivity contribution in [1.82, 2.24) is 4.90 Å². The molecular weight excluding hydrogens is 334 g/mol. The summed E-state index contributed by atoms with van der Waals surface area (Å²) in [7, 11) is 1.32. The second-order valence-electron chi connectivity index (χ2n) is 6.48. The molecule has 0 N–H and O–H groups in total. The van der Waals surface area contributed by atoms with E-state index in [1.54, 1.807) is 30.3 Å². The van der Waals surface area contributed by atoms with E-state index in [1.807, 2.05) is 18.7 Å². The molecule has 0 aliphatic carbocycles. The van der Waals surface area contributed by atoms with Crippen molar-refractivity contribution in [3.05, 3.63) is 41.5 Å². The summed E-state index contributed by atoms with van der Waals surface area (Å²) >= 11 is 0. The van der Waals surface area contributed by atoms with Gasteiger partial charge in [0.15, 0.2) is 6.61 Å². The average molecular weight is 359 g/mol. The molecule has 0 bridgehead atoms. The van der Waals surface area contributed by atoms with Gasteiger partial charge in [-0.1, -0.05) is 12.1 Å². The predicted molar refractivity (Wildman–Crippen MR) is 97.4 cm³/mol. The minimum absolute atomic E-state index is 0.158. The smallest absolute Gasteiger partial charge is 0.337 e. The van der Waals surface area contributed by atoms with Crippen molar-refractivity contribution in [3.63, 3.8) is 0 Å². The van der Waals surface area contributed by atoms with Gasteiger partial charge in [0.05, 0.1) is 12.7 Å². The number of methoxy groups -OCH3 is 1. The van der Waals surface area contributed by atoms with Crippen LogP contribution in [0.2, 0.25) is 0 Å². The third-order valence-corrected chi connectivity index (χ3v) is 4.56. The zero-order chi connectivity index (χ0) is 19.1. The number of piperidine rings is 1. The summed E-state index contributed by atoms with van der Waals surface area (Å²) in [6, 6.07) is 6.96. The fraction of sp³-hybridized carbons (Fsp3) is 0.450. The summed E-state index contributed by atoms with van der Waals surface area (Å²) in [6.07, 6.45) is 5.91. The van der Waals surface area contributed by atoms with E-state index in [4.69, 9.17) is 4.74 Å². The Balaban J connectivity index is 1.85. The largest absolute Gasteiger partial charge is 0.465 e. The maximum absolute atomic E-state index is 12.3. The van der Waals surface area contributed by atoms with Crippen LogP contribution >= 0.6 is 0 Å². The summed E-state index contributed by atoms with van der Waals surface area (Å²) < 4.78 is 9.69. The van der Waals surface area contributed by atoms with Crippen molar-refractivity contribution in [2.24, 2.45) is 0 Å². The molecule has 0 spiro atoms. The minimum atomic E-state index is -0.576. The van der Waals surface area contributed by atoms with Crippen molar-refractivity contribution in [1.29, 1.82) is 0 Å². The van der Waals surface area contributed by atoms with Gasteiger partial charge in [0.1, 0.15) is 0 Å². The first kappa shape index (κ1) is 19.7. The van der Waals surface area contributed by atoms with Crippen LogP contribution in [0.15, 0.2) is 30.3 Å². The fourth-order valence-corrected chi connectivity index (χ4v) is 3.18. The Morgan fingerprint density at radius 2 is 1.73 bits per heavy atom. The molecule has 0 aromatic heterocycles. The van der Waals surface area contributed by atoms with Gasteiger partial charge in [0, 0.05) is 18.2 Å². The first-order valence-corrected chi connectivity index (χ1v) is 8.76. The lowest BCUT2D eigenvalue weighted by molar-refractivity contribution is -0.151. The van der Waals surface area contributed by atoms with Gasteiger partial charge < -0.3 is 14.4 Å². The molecule has 140 valence electrons. The molecule has 26 heavy (non-hydrogen) atoms. The quantitative estimate of drug-likeness (QED) is 0.597. The number of carbonyl (C=O) groups is 3. The number of rotatable bonds is 5. The molecule has 1 fully saturated rings. The van der Waals surface area contributed by atoms with Gasteiger partial charge in [-0.05, 0) is 56.9 Å². The zero-order valence-electron chi connectivity index (χ0n) is 15.4. The van der Waals surface area contributed by atoms with Gasteiger partial charge >= 0.3 is 11.9 Å². The summed E-state index contributed by atoms with van der Waals surface area (Å²) in [4.78, 5) is 37.3. The first-order chi connectivity index (χ1) is 12.4. The van der Waals surface area contributed by atoms with Crippen molar-refractivity contribution >= 4 is 23.9 Å². The number of esters is 2. The molecular formula is C20H25NO5. The molecule has 1 aliphatic heterocycles. The number of benzene rings is 1. The van der Waals surface area contributed by atoms with Crippen molar-refractivity contribution in [2.75, 3.05) is 13.7 Å². The molecule has 1 aromatic rings. The lowest BCUT2D eigenvalue weighted by atomic mass is 9.97. The molecule has 1 heterocycles. The predicted octanol–water partition coefficient (Wildman–Crippen LogP) is 2.82. The highest BCUT2D eigenvalue weighted by Gasteiger charge is 2.29. The molecule has 0 radical (unpaired) electrons. The highest BCUT2D eigenvalue weighted by Crippen LogP contribution is 2.22. The van der Waals surface area contributed by atoms with Crippen molar-refractivity contribution in [2.45, 2.75) is 45.2 Å². The van der Waals surface area contributed by atoms with E-state index in [9.17, 15) is 14.4 Å². The number of carbonyl (C=O) groups excluding carboxylic acids is 3. The molecule has 6 nitrogen and oxygen atoms in total. The molecule has 2 atom stereocenters. The lowest BCUT2D eigenvalue weighted by Crippen LogP contribution is -2.49. The van der Waals surface area contributed by atoms with Crippen LogP contribution in [0, 0.1) is 0 Å². The van der Waals surface area contributed by atoms with Crippen LogP contribution in [0.5, 0.6) is 0 Å². The van der Waals surface area contributed by atoms with Gasteiger partial charge in [-0.2, -0.15) is 0 Å². The standard InChI is InChI=1S/C20H25NO5/c1-14-5-4-6-15(2)21(14)18(22)13-26-19(23)12-9-16-7-10-17(11-8-16)20(24)25-3/h7-12,14-15H,4-6,13H2,1-3H3/b12-9+/t14-,15-/m0/s1. The Kier molecular flexibility index (Phi) is 6.95.